The Labute approximate surface area is 170 Å². The molecule has 0 spiro atoms. The number of anilines is 1. The predicted molar refractivity (Wildman–Crippen MR) is 110 cm³/mol. The molecule has 2 unspecified atom stereocenters. The van der Waals surface area contributed by atoms with Crippen LogP contribution in [0, 0.1) is 35.5 Å². The Morgan fingerprint density at radius 3 is 2.36 bits per heavy atom. The van der Waals surface area contributed by atoms with Gasteiger partial charge in [0.1, 0.15) is 17.4 Å². The van der Waals surface area contributed by atoms with Crippen molar-refractivity contribution in [3.63, 3.8) is 0 Å². The Balaban J connectivity index is 2.15. The summed E-state index contributed by atoms with van der Waals surface area (Å²) in [6, 6.07) is 10.4. The highest BCUT2D eigenvalue weighted by Gasteiger charge is 2.34. The van der Waals surface area contributed by atoms with E-state index < -0.39 is 5.92 Å². The monoisotopic (exact) mass is 399 g/mol. The molecule has 0 aromatic heterocycles. The smallest absolute Gasteiger partial charge is 0.141 e. The lowest BCUT2D eigenvalue weighted by molar-refractivity contribution is 0.190. The third kappa shape index (κ3) is 5.32. The number of hydrogen-bond donors (Lipinski definition) is 0. The molecule has 1 aliphatic rings. The number of methoxy groups -OCH3 is 2. The molecule has 1 aromatic carbocycles. The molecule has 0 bridgehead atoms. The summed E-state index contributed by atoms with van der Waals surface area (Å²) in [5.74, 6) is -0.415. The molecule has 148 valence electrons. The summed E-state index contributed by atoms with van der Waals surface area (Å²) in [7, 11) is 3.38. The van der Waals surface area contributed by atoms with Crippen molar-refractivity contribution in [2.24, 2.45) is 16.1 Å². The lowest BCUT2D eigenvalue weighted by Gasteiger charge is -2.24. The van der Waals surface area contributed by atoms with Crippen LogP contribution in [0.3, 0.4) is 0 Å². The molecule has 1 heterocycles. The lowest BCUT2D eigenvalue weighted by atomic mass is 10.0. The van der Waals surface area contributed by atoms with Crippen LogP contribution < -0.4 is 4.90 Å². The van der Waals surface area contributed by atoms with E-state index in [1.54, 1.807) is 14.2 Å². The lowest BCUT2D eigenvalue weighted by Crippen LogP contribution is -2.30. The van der Waals surface area contributed by atoms with Crippen molar-refractivity contribution in [2.75, 3.05) is 45.4 Å². The van der Waals surface area contributed by atoms with E-state index in [1.165, 1.54) is 11.8 Å². The molecule has 1 aliphatic heterocycles. The van der Waals surface area contributed by atoms with E-state index in [4.69, 9.17) is 14.7 Å². The molecule has 0 saturated carbocycles. The fourth-order valence-electron chi connectivity index (χ4n) is 2.84. The molecule has 0 amide bonds. The van der Waals surface area contributed by atoms with Gasteiger partial charge in [-0.25, -0.2) is 0 Å². The topological polar surface area (TPSA) is 94.0 Å². The third-order valence-corrected chi connectivity index (χ3v) is 5.80. The number of aryl methyl sites for hydroxylation is 1. The quantitative estimate of drug-likeness (QED) is 0.578. The fraction of sp³-hybridized carbons (Fsp3) is 0.500. The number of rotatable bonds is 9. The second kappa shape index (κ2) is 10.8. The zero-order valence-electron chi connectivity index (χ0n) is 16.7. The molecule has 8 heteroatoms. The van der Waals surface area contributed by atoms with Crippen LogP contribution in [0.5, 0.6) is 0 Å². The van der Waals surface area contributed by atoms with Crippen molar-refractivity contribution in [2.45, 2.75) is 19.2 Å². The number of nitriles is 2. The summed E-state index contributed by atoms with van der Waals surface area (Å²) < 4.78 is 10.4. The van der Waals surface area contributed by atoms with E-state index in [0.717, 1.165) is 35.6 Å². The van der Waals surface area contributed by atoms with Gasteiger partial charge in [0, 0.05) is 33.0 Å². The van der Waals surface area contributed by atoms with Gasteiger partial charge in [0.05, 0.1) is 29.9 Å². The average Bonchev–Trinajstić information content (AvgIpc) is 3.01. The van der Waals surface area contributed by atoms with Crippen molar-refractivity contribution in [3.05, 3.63) is 34.2 Å². The first-order chi connectivity index (χ1) is 13.5. The minimum Gasteiger partial charge on any atom is -0.383 e. The van der Waals surface area contributed by atoms with Crippen LogP contribution in [0.4, 0.5) is 11.4 Å². The number of allylic oxidation sites excluding steroid dienone is 1. The Kier molecular flexibility index (Phi) is 8.46. The van der Waals surface area contributed by atoms with E-state index >= 15 is 0 Å². The van der Waals surface area contributed by atoms with Crippen LogP contribution in [0.1, 0.15) is 12.5 Å². The summed E-state index contributed by atoms with van der Waals surface area (Å²) in [5.41, 5.74) is 3.59. The molecule has 2 atom stereocenters. The molecule has 0 radical (unpaired) electrons. The Morgan fingerprint density at radius 1 is 1.14 bits per heavy atom. The largest absolute Gasteiger partial charge is 0.383 e. The predicted octanol–water partition coefficient (Wildman–Crippen LogP) is 4.19. The van der Waals surface area contributed by atoms with E-state index in [9.17, 15) is 5.26 Å². The second-order valence-electron chi connectivity index (χ2n) is 6.40. The maximum absolute atomic E-state index is 9.38. The molecule has 2 rings (SSSR count). The Bertz CT molecular complexity index is 817. The molecular weight excluding hydrogens is 374 g/mol. The van der Waals surface area contributed by atoms with Gasteiger partial charge in [-0.1, -0.05) is 11.8 Å². The van der Waals surface area contributed by atoms with Crippen molar-refractivity contribution in [1.29, 1.82) is 10.5 Å². The second-order valence-corrected chi connectivity index (χ2v) is 7.52. The van der Waals surface area contributed by atoms with Crippen LogP contribution in [0.25, 0.3) is 0 Å². The van der Waals surface area contributed by atoms with Gasteiger partial charge in [-0.15, -0.1) is 0 Å². The van der Waals surface area contributed by atoms with Gasteiger partial charge in [-0.05, 0) is 43.2 Å². The van der Waals surface area contributed by atoms with Crippen molar-refractivity contribution < 1.29 is 9.47 Å². The number of azo groups is 1. The van der Waals surface area contributed by atoms with Gasteiger partial charge in [-0.2, -0.15) is 20.8 Å². The molecule has 7 nitrogen and oxygen atoms in total. The van der Waals surface area contributed by atoms with E-state index in [0.29, 0.717) is 18.1 Å². The van der Waals surface area contributed by atoms with Crippen molar-refractivity contribution in [1.82, 2.24) is 0 Å². The van der Waals surface area contributed by atoms with Gasteiger partial charge in [0.25, 0.3) is 0 Å². The average molecular weight is 400 g/mol. The highest BCUT2D eigenvalue weighted by atomic mass is 32.2. The van der Waals surface area contributed by atoms with Gasteiger partial charge in [0.2, 0.25) is 0 Å². The summed E-state index contributed by atoms with van der Waals surface area (Å²) in [6.45, 7) is 6.59. The number of benzene rings is 1. The maximum atomic E-state index is 9.38. The summed E-state index contributed by atoms with van der Waals surface area (Å²) in [4.78, 5) is 2.76. The van der Waals surface area contributed by atoms with Crippen molar-refractivity contribution in [3.8, 4) is 12.1 Å². The number of nitrogens with zero attached hydrogens (tertiary/aromatic N) is 5. The summed E-state index contributed by atoms with van der Waals surface area (Å²) >= 11 is 1.30. The van der Waals surface area contributed by atoms with Gasteiger partial charge >= 0.3 is 0 Å². The fourth-order valence-corrected chi connectivity index (χ4v) is 3.95. The zero-order chi connectivity index (χ0) is 20.5. The molecular formula is C20H25N5O2S. The maximum Gasteiger partial charge on any atom is 0.141 e. The van der Waals surface area contributed by atoms with Crippen LogP contribution in [0.15, 0.2) is 38.9 Å². The third-order valence-electron chi connectivity index (χ3n) is 4.54. The first-order valence-corrected chi connectivity index (χ1v) is 9.85. The normalized spacial score (nSPS) is 19.1. The molecule has 0 saturated heterocycles. The molecule has 28 heavy (non-hydrogen) atoms. The molecule has 0 fully saturated rings. The van der Waals surface area contributed by atoms with Crippen LogP contribution in [-0.2, 0) is 9.47 Å². The highest BCUT2D eigenvalue weighted by molar-refractivity contribution is 8.04. The molecule has 1 aromatic rings. The summed E-state index contributed by atoms with van der Waals surface area (Å²) in [5, 5.41) is 26.9. The van der Waals surface area contributed by atoms with Gasteiger partial charge in [0.15, 0.2) is 0 Å². The number of ether oxygens (including phenoxy) is 2. The minimum atomic E-state index is -0.415. The van der Waals surface area contributed by atoms with E-state index in [2.05, 4.69) is 33.3 Å². The van der Waals surface area contributed by atoms with Crippen LogP contribution in [-0.4, -0.2) is 45.9 Å². The van der Waals surface area contributed by atoms with Crippen molar-refractivity contribution >= 4 is 23.1 Å². The standard InChI is InChI=1S/C20H25N5O2S/c1-14-11-16(25(7-9-26-3)8-10-27-4)5-6-18(14)23-24-20-17(12-21)15(2)19(13-22)28-20/h5-6,11,17,20H,7-10H2,1-4H3. The number of thioether (sulfide) groups is 1. The van der Waals surface area contributed by atoms with E-state index in [1.807, 2.05) is 26.0 Å². The Hall–Kier alpha value is -2.39. The zero-order valence-corrected chi connectivity index (χ0v) is 17.5. The molecule has 0 aliphatic carbocycles. The highest BCUT2D eigenvalue weighted by Crippen LogP contribution is 2.42. The molecule has 0 N–H and O–H groups in total. The van der Waals surface area contributed by atoms with Crippen LogP contribution in [0.2, 0.25) is 0 Å². The van der Waals surface area contributed by atoms with Gasteiger partial charge in [-0.3, -0.25) is 0 Å². The number of hydrogen-bond acceptors (Lipinski definition) is 8. The van der Waals surface area contributed by atoms with Crippen LogP contribution >= 0.6 is 11.8 Å². The SMILES string of the molecule is COCCN(CCOC)c1ccc(N=NC2SC(C#N)=C(C)C2C#N)c(C)c1. The summed E-state index contributed by atoms with van der Waals surface area (Å²) in [6.07, 6.45) is 0. The first-order valence-electron chi connectivity index (χ1n) is 8.97. The van der Waals surface area contributed by atoms with E-state index in [-0.39, 0.29) is 5.37 Å². The van der Waals surface area contributed by atoms with Gasteiger partial charge < -0.3 is 14.4 Å². The minimum absolute atomic E-state index is 0.376. The Morgan fingerprint density at radius 2 is 1.82 bits per heavy atom. The first kappa shape index (κ1) is 21.9.